The summed E-state index contributed by atoms with van der Waals surface area (Å²) in [5, 5.41) is 0. The van der Waals surface area contributed by atoms with Gasteiger partial charge in [-0.2, -0.15) is 0 Å². The second kappa shape index (κ2) is 6.71. The van der Waals surface area contributed by atoms with E-state index in [1.54, 1.807) is 30.9 Å². The van der Waals surface area contributed by atoms with E-state index in [1.807, 2.05) is 19.2 Å². The number of hydrogen-bond donors (Lipinski definition) is 1. The Morgan fingerprint density at radius 3 is 2.92 bits per heavy atom. The van der Waals surface area contributed by atoms with Crippen molar-refractivity contribution in [2.24, 2.45) is 5.92 Å². The van der Waals surface area contributed by atoms with Gasteiger partial charge in [0.2, 0.25) is 0 Å². The lowest BCUT2D eigenvalue weighted by atomic mass is 10.0. The molecular formula is C20H20FN5. The SMILES string of the molecule is Cc1ccc(F)cc1-c1nccn1CC(C)Cc1nccc2[nH]cnc12. The highest BCUT2D eigenvalue weighted by molar-refractivity contribution is 5.76. The van der Waals surface area contributed by atoms with Gasteiger partial charge in [0.1, 0.15) is 17.2 Å². The minimum atomic E-state index is -0.248. The molecule has 5 nitrogen and oxygen atoms in total. The first-order valence-electron chi connectivity index (χ1n) is 8.66. The molecule has 0 bridgehead atoms. The Morgan fingerprint density at radius 1 is 1.15 bits per heavy atom. The number of imidazole rings is 2. The van der Waals surface area contributed by atoms with Crippen molar-refractivity contribution in [2.45, 2.75) is 26.8 Å². The van der Waals surface area contributed by atoms with Crippen molar-refractivity contribution in [2.75, 3.05) is 0 Å². The van der Waals surface area contributed by atoms with E-state index in [2.05, 4.69) is 31.4 Å². The van der Waals surface area contributed by atoms with Gasteiger partial charge >= 0.3 is 0 Å². The van der Waals surface area contributed by atoms with Crippen LogP contribution in [0.15, 0.2) is 49.2 Å². The summed E-state index contributed by atoms with van der Waals surface area (Å²) in [6.07, 6.45) is 8.02. The van der Waals surface area contributed by atoms with Crippen LogP contribution in [-0.4, -0.2) is 24.5 Å². The maximum atomic E-state index is 13.7. The second-order valence-corrected chi connectivity index (χ2v) is 6.73. The molecule has 3 heterocycles. The van der Waals surface area contributed by atoms with Gasteiger partial charge in [-0.1, -0.05) is 13.0 Å². The molecule has 1 aromatic carbocycles. The van der Waals surface area contributed by atoms with E-state index in [9.17, 15) is 4.39 Å². The summed E-state index contributed by atoms with van der Waals surface area (Å²) in [5.74, 6) is 0.869. The molecule has 0 spiro atoms. The molecule has 0 aliphatic rings. The van der Waals surface area contributed by atoms with Crippen LogP contribution in [0, 0.1) is 18.7 Å². The topological polar surface area (TPSA) is 59.4 Å². The number of aryl methyl sites for hydroxylation is 1. The number of halogens is 1. The van der Waals surface area contributed by atoms with E-state index in [0.717, 1.165) is 46.6 Å². The van der Waals surface area contributed by atoms with Crippen molar-refractivity contribution in [3.63, 3.8) is 0 Å². The van der Waals surface area contributed by atoms with Gasteiger partial charge in [-0.15, -0.1) is 0 Å². The van der Waals surface area contributed by atoms with Crippen LogP contribution in [0.5, 0.6) is 0 Å². The highest BCUT2D eigenvalue weighted by Crippen LogP contribution is 2.24. The molecule has 0 saturated carbocycles. The van der Waals surface area contributed by atoms with Gasteiger partial charge < -0.3 is 9.55 Å². The minimum absolute atomic E-state index is 0.248. The standard InChI is InChI=1S/C20H20FN5/c1-13(9-18-19-17(5-6-22-18)24-12-25-19)11-26-8-7-23-20(26)16-10-15(21)4-3-14(16)2/h3-8,10,12-13H,9,11H2,1-2H3,(H,24,25). The van der Waals surface area contributed by atoms with Gasteiger partial charge in [0, 0.05) is 30.7 Å². The van der Waals surface area contributed by atoms with Gasteiger partial charge in [-0.3, -0.25) is 4.98 Å². The fourth-order valence-electron chi connectivity index (χ4n) is 3.34. The van der Waals surface area contributed by atoms with Crippen LogP contribution in [0.4, 0.5) is 4.39 Å². The monoisotopic (exact) mass is 349 g/mol. The maximum absolute atomic E-state index is 13.7. The lowest BCUT2D eigenvalue weighted by Gasteiger charge is -2.15. The predicted octanol–water partition coefficient (Wildman–Crippen LogP) is 4.15. The summed E-state index contributed by atoms with van der Waals surface area (Å²) < 4.78 is 15.8. The van der Waals surface area contributed by atoms with E-state index in [4.69, 9.17) is 0 Å². The van der Waals surface area contributed by atoms with Gasteiger partial charge in [-0.25, -0.2) is 14.4 Å². The smallest absolute Gasteiger partial charge is 0.140 e. The van der Waals surface area contributed by atoms with Crippen molar-refractivity contribution in [1.82, 2.24) is 24.5 Å². The van der Waals surface area contributed by atoms with Crippen molar-refractivity contribution < 1.29 is 4.39 Å². The molecule has 1 N–H and O–H groups in total. The zero-order chi connectivity index (χ0) is 18.1. The molecular weight excluding hydrogens is 329 g/mol. The summed E-state index contributed by atoms with van der Waals surface area (Å²) in [7, 11) is 0. The maximum Gasteiger partial charge on any atom is 0.140 e. The van der Waals surface area contributed by atoms with Crippen molar-refractivity contribution in [3.8, 4) is 11.4 Å². The quantitative estimate of drug-likeness (QED) is 0.589. The predicted molar refractivity (Wildman–Crippen MR) is 99.1 cm³/mol. The number of aromatic amines is 1. The molecule has 3 aromatic heterocycles. The first-order valence-corrected chi connectivity index (χ1v) is 8.66. The molecule has 0 radical (unpaired) electrons. The Balaban J connectivity index is 1.58. The number of pyridine rings is 1. The Bertz CT molecular complexity index is 1050. The van der Waals surface area contributed by atoms with Crippen LogP contribution in [0.25, 0.3) is 22.4 Å². The first-order chi connectivity index (χ1) is 12.6. The summed E-state index contributed by atoms with van der Waals surface area (Å²) in [6, 6.07) is 6.74. The van der Waals surface area contributed by atoms with E-state index in [-0.39, 0.29) is 5.82 Å². The first kappa shape index (κ1) is 16.4. The third-order valence-corrected chi connectivity index (χ3v) is 4.62. The average Bonchev–Trinajstić information content (AvgIpc) is 3.27. The Kier molecular flexibility index (Phi) is 4.24. The molecule has 0 aliphatic carbocycles. The van der Waals surface area contributed by atoms with Gasteiger partial charge in [0.25, 0.3) is 0 Å². The van der Waals surface area contributed by atoms with Crippen LogP contribution < -0.4 is 0 Å². The van der Waals surface area contributed by atoms with E-state index < -0.39 is 0 Å². The van der Waals surface area contributed by atoms with Crippen LogP contribution in [0.1, 0.15) is 18.2 Å². The Morgan fingerprint density at radius 2 is 2.04 bits per heavy atom. The van der Waals surface area contributed by atoms with Crippen LogP contribution >= 0.6 is 0 Å². The summed E-state index contributed by atoms with van der Waals surface area (Å²) >= 11 is 0. The van der Waals surface area contributed by atoms with Crippen LogP contribution in [-0.2, 0) is 13.0 Å². The molecule has 26 heavy (non-hydrogen) atoms. The van der Waals surface area contributed by atoms with E-state index >= 15 is 0 Å². The number of nitrogens with zero attached hydrogens (tertiary/aromatic N) is 4. The zero-order valence-corrected chi connectivity index (χ0v) is 14.8. The number of hydrogen-bond acceptors (Lipinski definition) is 3. The largest absolute Gasteiger partial charge is 0.344 e. The molecule has 0 saturated heterocycles. The van der Waals surface area contributed by atoms with Gasteiger partial charge in [0.05, 0.1) is 17.5 Å². The van der Waals surface area contributed by atoms with E-state index in [1.165, 1.54) is 6.07 Å². The Hall–Kier alpha value is -3.02. The Labute approximate surface area is 151 Å². The van der Waals surface area contributed by atoms with Gasteiger partial charge in [0.15, 0.2) is 0 Å². The van der Waals surface area contributed by atoms with Crippen LogP contribution in [0.2, 0.25) is 0 Å². The fraction of sp³-hybridized carbons (Fsp3) is 0.250. The lowest BCUT2D eigenvalue weighted by Crippen LogP contribution is -2.12. The van der Waals surface area contributed by atoms with Crippen molar-refractivity contribution in [3.05, 3.63) is 66.3 Å². The molecule has 0 amide bonds. The normalized spacial score (nSPS) is 12.6. The summed E-state index contributed by atoms with van der Waals surface area (Å²) in [4.78, 5) is 16.4. The third kappa shape index (κ3) is 3.10. The van der Waals surface area contributed by atoms with Crippen LogP contribution in [0.3, 0.4) is 0 Å². The number of nitrogens with one attached hydrogen (secondary N) is 1. The molecule has 1 unspecified atom stereocenters. The minimum Gasteiger partial charge on any atom is -0.344 e. The van der Waals surface area contributed by atoms with Crippen molar-refractivity contribution in [1.29, 1.82) is 0 Å². The van der Waals surface area contributed by atoms with Gasteiger partial charge in [-0.05, 0) is 43.0 Å². The highest BCUT2D eigenvalue weighted by Gasteiger charge is 2.14. The molecule has 0 aliphatic heterocycles. The molecule has 4 rings (SSSR count). The molecule has 4 aromatic rings. The van der Waals surface area contributed by atoms with Crippen molar-refractivity contribution >= 4 is 11.0 Å². The zero-order valence-electron chi connectivity index (χ0n) is 14.8. The number of rotatable bonds is 5. The molecule has 1 atom stereocenters. The average molecular weight is 349 g/mol. The molecule has 6 heteroatoms. The van der Waals surface area contributed by atoms with E-state index in [0.29, 0.717) is 5.92 Å². The summed E-state index contributed by atoms with van der Waals surface area (Å²) in [5.41, 5.74) is 4.75. The number of H-pyrrole nitrogens is 1. The molecule has 132 valence electrons. The number of benzene rings is 1. The molecule has 0 fully saturated rings. The fourth-order valence-corrected chi connectivity index (χ4v) is 3.34. The summed E-state index contributed by atoms with van der Waals surface area (Å²) in [6.45, 7) is 4.92. The third-order valence-electron chi connectivity index (χ3n) is 4.62. The number of aromatic nitrogens is 5. The number of fused-ring (bicyclic) bond motifs is 1. The lowest BCUT2D eigenvalue weighted by molar-refractivity contribution is 0.479. The highest BCUT2D eigenvalue weighted by atomic mass is 19.1. The second-order valence-electron chi connectivity index (χ2n) is 6.73.